The number of carbonyl (C=O) groups is 1. The lowest BCUT2D eigenvalue weighted by Crippen LogP contribution is -2.43. The molecule has 2 atom stereocenters. The molecule has 160 valence electrons. The number of likely N-dealkylation sites (tertiary alicyclic amines) is 1. The molecule has 1 saturated heterocycles. The van der Waals surface area contributed by atoms with Crippen LogP contribution in [0.1, 0.15) is 43.0 Å². The molecule has 0 bridgehead atoms. The fourth-order valence-corrected chi connectivity index (χ4v) is 4.44. The number of hydrogen-bond donors (Lipinski definition) is 1. The van der Waals surface area contributed by atoms with Crippen LogP contribution in [0.25, 0.3) is 0 Å². The first-order chi connectivity index (χ1) is 14.7. The first kappa shape index (κ1) is 20.7. The smallest absolute Gasteiger partial charge is 0.223 e. The van der Waals surface area contributed by atoms with Crippen molar-refractivity contribution in [1.29, 1.82) is 0 Å². The van der Waals surface area contributed by atoms with Gasteiger partial charge in [-0.25, -0.2) is 0 Å². The van der Waals surface area contributed by atoms with Gasteiger partial charge in [-0.3, -0.25) is 14.7 Å². The molecule has 1 amide bonds. The van der Waals surface area contributed by atoms with Gasteiger partial charge in [-0.05, 0) is 56.3 Å². The largest absolute Gasteiger partial charge is 0.493 e. The Bertz CT molecular complexity index is 854. The summed E-state index contributed by atoms with van der Waals surface area (Å²) in [6.07, 6.45) is 6.01. The summed E-state index contributed by atoms with van der Waals surface area (Å²) in [6.45, 7) is 2.73. The van der Waals surface area contributed by atoms with Crippen LogP contribution in [-0.4, -0.2) is 43.1 Å². The summed E-state index contributed by atoms with van der Waals surface area (Å²) in [5, 5.41) is 3.32. The molecule has 1 aliphatic carbocycles. The number of pyridine rings is 1. The van der Waals surface area contributed by atoms with Crippen molar-refractivity contribution in [2.45, 2.75) is 38.3 Å². The number of hydrogen-bond acceptors (Lipinski definition) is 5. The van der Waals surface area contributed by atoms with Crippen molar-refractivity contribution >= 4 is 5.91 Å². The predicted molar refractivity (Wildman–Crippen MR) is 115 cm³/mol. The van der Waals surface area contributed by atoms with Crippen LogP contribution in [0.2, 0.25) is 0 Å². The lowest BCUT2D eigenvalue weighted by atomic mass is 9.88. The standard InChI is InChI=1S/C24H31N3O3/c1-29-21-10-5-7-19(23(21)30-2)16-27-14-6-8-18(15-27)22(20-9-3-4-13-25-20)26-24(28)17-11-12-17/h3-5,7,9-10,13,17-18,22H,6,8,11-12,14-16H2,1-2H3,(H,26,28)/t18-,22+/m1/s1. The van der Waals surface area contributed by atoms with Crippen LogP contribution < -0.4 is 14.8 Å². The minimum Gasteiger partial charge on any atom is -0.493 e. The van der Waals surface area contributed by atoms with E-state index in [2.05, 4.69) is 21.3 Å². The van der Waals surface area contributed by atoms with E-state index in [0.29, 0.717) is 5.92 Å². The van der Waals surface area contributed by atoms with Crippen molar-refractivity contribution in [3.63, 3.8) is 0 Å². The highest BCUT2D eigenvalue weighted by molar-refractivity contribution is 5.81. The number of aromatic nitrogens is 1. The number of para-hydroxylation sites is 1. The molecule has 1 saturated carbocycles. The van der Waals surface area contributed by atoms with E-state index in [4.69, 9.17) is 9.47 Å². The molecule has 2 aliphatic rings. The SMILES string of the molecule is COc1cccc(CN2CCC[C@@H]([C@H](NC(=O)C3CC3)c3ccccn3)C2)c1OC. The average Bonchev–Trinajstić information content (AvgIpc) is 3.63. The second kappa shape index (κ2) is 9.47. The zero-order valence-electron chi connectivity index (χ0n) is 17.8. The number of nitrogens with one attached hydrogen (secondary N) is 1. The Morgan fingerprint density at radius 1 is 1.17 bits per heavy atom. The maximum absolute atomic E-state index is 12.6. The van der Waals surface area contributed by atoms with Crippen LogP contribution in [0, 0.1) is 11.8 Å². The highest BCUT2D eigenvalue weighted by Crippen LogP contribution is 2.35. The van der Waals surface area contributed by atoms with E-state index >= 15 is 0 Å². The number of carbonyl (C=O) groups excluding carboxylic acids is 1. The maximum Gasteiger partial charge on any atom is 0.223 e. The van der Waals surface area contributed by atoms with Crippen molar-refractivity contribution in [2.75, 3.05) is 27.3 Å². The minimum atomic E-state index is -0.0469. The number of piperidine rings is 1. The van der Waals surface area contributed by atoms with Crippen molar-refractivity contribution in [3.8, 4) is 11.5 Å². The van der Waals surface area contributed by atoms with Gasteiger partial charge in [0, 0.05) is 30.8 Å². The normalized spacial score (nSPS) is 20.4. The van der Waals surface area contributed by atoms with E-state index in [1.54, 1.807) is 14.2 Å². The molecule has 0 unspecified atom stereocenters. The lowest BCUT2D eigenvalue weighted by Gasteiger charge is -2.37. The highest BCUT2D eigenvalue weighted by Gasteiger charge is 2.35. The Balaban J connectivity index is 1.50. The summed E-state index contributed by atoms with van der Waals surface area (Å²) in [6, 6.07) is 11.9. The summed E-state index contributed by atoms with van der Waals surface area (Å²) < 4.78 is 11.1. The van der Waals surface area contributed by atoms with Crippen LogP contribution >= 0.6 is 0 Å². The van der Waals surface area contributed by atoms with Crippen LogP contribution in [0.5, 0.6) is 11.5 Å². The second-order valence-electron chi connectivity index (χ2n) is 8.31. The van der Waals surface area contributed by atoms with E-state index in [0.717, 1.165) is 68.1 Å². The lowest BCUT2D eigenvalue weighted by molar-refractivity contribution is -0.123. The monoisotopic (exact) mass is 409 g/mol. The first-order valence-electron chi connectivity index (χ1n) is 10.8. The zero-order chi connectivity index (χ0) is 20.9. The first-order valence-corrected chi connectivity index (χ1v) is 10.8. The molecular formula is C24H31N3O3. The van der Waals surface area contributed by atoms with Gasteiger partial charge in [0.25, 0.3) is 0 Å². The van der Waals surface area contributed by atoms with Crippen LogP contribution in [0.3, 0.4) is 0 Å². The van der Waals surface area contributed by atoms with Crippen LogP contribution in [0.4, 0.5) is 0 Å². The molecule has 2 aromatic rings. The number of rotatable bonds is 8. The molecule has 4 rings (SSSR count). The van der Waals surface area contributed by atoms with E-state index in [9.17, 15) is 4.79 Å². The van der Waals surface area contributed by atoms with E-state index in [1.807, 2.05) is 36.5 Å². The Labute approximate surface area is 178 Å². The van der Waals surface area contributed by atoms with Gasteiger partial charge >= 0.3 is 0 Å². The molecule has 1 aromatic carbocycles. The van der Waals surface area contributed by atoms with E-state index in [-0.39, 0.29) is 17.9 Å². The molecule has 6 nitrogen and oxygen atoms in total. The van der Waals surface area contributed by atoms with E-state index in [1.165, 1.54) is 0 Å². The third-order valence-corrected chi connectivity index (χ3v) is 6.14. The summed E-state index contributed by atoms with van der Waals surface area (Å²) in [7, 11) is 3.35. The highest BCUT2D eigenvalue weighted by atomic mass is 16.5. The molecule has 1 aliphatic heterocycles. The van der Waals surface area contributed by atoms with Gasteiger partial charge in [-0.15, -0.1) is 0 Å². The number of amides is 1. The molecular weight excluding hydrogens is 378 g/mol. The molecule has 1 N–H and O–H groups in total. The topological polar surface area (TPSA) is 63.7 Å². The molecule has 6 heteroatoms. The van der Waals surface area contributed by atoms with Gasteiger partial charge in [0.1, 0.15) is 0 Å². The van der Waals surface area contributed by atoms with Gasteiger partial charge in [0.2, 0.25) is 5.91 Å². The fraction of sp³-hybridized carbons (Fsp3) is 0.500. The Morgan fingerprint density at radius 3 is 2.73 bits per heavy atom. The number of benzene rings is 1. The van der Waals surface area contributed by atoms with Gasteiger partial charge in [-0.2, -0.15) is 0 Å². The third-order valence-electron chi connectivity index (χ3n) is 6.14. The molecule has 30 heavy (non-hydrogen) atoms. The number of ether oxygens (including phenoxy) is 2. The van der Waals surface area contributed by atoms with Crippen LogP contribution in [0.15, 0.2) is 42.6 Å². The molecule has 0 radical (unpaired) electrons. The molecule has 0 spiro atoms. The minimum absolute atomic E-state index is 0.0469. The third kappa shape index (κ3) is 4.75. The van der Waals surface area contributed by atoms with Gasteiger partial charge in [0.05, 0.1) is 26.0 Å². The average molecular weight is 410 g/mol. The molecule has 1 aromatic heterocycles. The van der Waals surface area contributed by atoms with Crippen molar-refractivity contribution in [2.24, 2.45) is 11.8 Å². The summed E-state index contributed by atoms with van der Waals surface area (Å²) in [4.78, 5) is 19.6. The fourth-order valence-electron chi connectivity index (χ4n) is 4.44. The Hall–Kier alpha value is -2.60. The molecule has 2 fully saturated rings. The van der Waals surface area contributed by atoms with Gasteiger partial charge in [-0.1, -0.05) is 18.2 Å². The van der Waals surface area contributed by atoms with Gasteiger partial charge in [0.15, 0.2) is 11.5 Å². The summed E-state index contributed by atoms with van der Waals surface area (Å²) in [5.74, 6) is 2.25. The number of methoxy groups -OCH3 is 2. The predicted octanol–water partition coefficient (Wildman–Crippen LogP) is 3.58. The van der Waals surface area contributed by atoms with Crippen molar-refractivity contribution in [1.82, 2.24) is 15.2 Å². The Morgan fingerprint density at radius 2 is 2.03 bits per heavy atom. The van der Waals surface area contributed by atoms with Crippen LogP contribution in [-0.2, 0) is 11.3 Å². The second-order valence-corrected chi connectivity index (χ2v) is 8.31. The van der Waals surface area contributed by atoms with Crippen molar-refractivity contribution < 1.29 is 14.3 Å². The summed E-state index contributed by atoms with van der Waals surface area (Å²) >= 11 is 0. The Kier molecular flexibility index (Phi) is 6.53. The summed E-state index contributed by atoms with van der Waals surface area (Å²) in [5.41, 5.74) is 2.08. The quantitative estimate of drug-likeness (QED) is 0.722. The van der Waals surface area contributed by atoms with Crippen molar-refractivity contribution in [3.05, 3.63) is 53.9 Å². The number of nitrogens with zero attached hydrogens (tertiary/aromatic N) is 2. The molecule has 2 heterocycles. The van der Waals surface area contributed by atoms with Gasteiger partial charge < -0.3 is 14.8 Å². The maximum atomic E-state index is 12.6. The van der Waals surface area contributed by atoms with E-state index < -0.39 is 0 Å². The zero-order valence-corrected chi connectivity index (χ0v) is 17.8.